The predicted octanol–water partition coefficient (Wildman–Crippen LogP) is 5.32. The van der Waals surface area contributed by atoms with Crippen LogP contribution in [0.4, 0.5) is 4.39 Å². The fraction of sp³-hybridized carbons (Fsp3) is 0.370. The highest BCUT2D eigenvalue weighted by molar-refractivity contribution is 6.16. The van der Waals surface area contributed by atoms with E-state index in [2.05, 4.69) is 4.98 Å². The third-order valence-corrected chi connectivity index (χ3v) is 5.65. The molecule has 0 aliphatic carbocycles. The summed E-state index contributed by atoms with van der Waals surface area (Å²) in [5.41, 5.74) is 0.405. The van der Waals surface area contributed by atoms with Crippen LogP contribution in [-0.4, -0.2) is 44.2 Å². The number of ketones is 1. The number of fused-ring (bicyclic) bond motifs is 1. The topological polar surface area (TPSA) is 84.0 Å². The van der Waals surface area contributed by atoms with Crippen molar-refractivity contribution in [3.8, 4) is 17.2 Å². The van der Waals surface area contributed by atoms with E-state index in [1.54, 1.807) is 12.1 Å². The SMILES string of the molecule is COC(=O)C(c1cnc(C(=O)c2cc(OC(C)C)ccc2F)c2cc(OC)c(OC)cc12)C(C)C. The van der Waals surface area contributed by atoms with Gasteiger partial charge in [-0.25, -0.2) is 4.39 Å². The molecule has 1 atom stereocenters. The first-order chi connectivity index (χ1) is 16.6. The van der Waals surface area contributed by atoms with Crippen LogP contribution in [-0.2, 0) is 9.53 Å². The van der Waals surface area contributed by atoms with Gasteiger partial charge in [0.25, 0.3) is 0 Å². The van der Waals surface area contributed by atoms with E-state index in [0.29, 0.717) is 33.6 Å². The molecule has 1 heterocycles. The van der Waals surface area contributed by atoms with Crippen LogP contribution >= 0.6 is 0 Å². The average Bonchev–Trinajstić information content (AvgIpc) is 2.83. The van der Waals surface area contributed by atoms with Gasteiger partial charge in [-0.3, -0.25) is 14.6 Å². The number of hydrogen-bond acceptors (Lipinski definition) is 7. The third-order valence-electron chi connectivity index (χ3n) is 5.65. The minimum Gasteiger partial charge on any atom is -0.493 e. The number of nitrogens with zero attached hydrogens (tertiary/aromatic N) is 1. The van der Waals surface area contributed by atoms with Gasteiger partial charge in [0.1, 0.15) is 17.3 Å². The third kappa shape index (κ3) is 5.21. The summed E-state index contributed by atoms with van der Waals surface area (Å²) >= 11 is 0. The van der Waals surface area contributed by atoms with Crippen LogP contribution in [0.25, 0.3) is 10.8 Å². The Balaban J connectivity index is 2.30. The van der Waals surface area contributed by atoms with E-state index in [1.165, 1.54) is 45.7 Å². The van der Waals surface area contributed by atoms with Crippen LogP contribution < -0.4 is 14.2 Å². The van der Waals surface area contributed by atoms with Gasteiger partial charge in [0, 0.05) is 11.6 Å². The number of esters is 1. The number of aromatic nitrogens is 1. The maximum Gasteiger partial charge on any atom is 0.313 e. The van der Waals surface area contributed by atoms with Crippen LogP contribution in [0, 0.1) is 11.7 Å². The van der Waals surface area contributed by atoms with Crippen molar-refractivity contribution >= 4 is 22.5 Å². The first-order valence-corrected chi connectivity index (χ1v) is 11.3. The summed E-state index contributed by atoms with van der Waals surface area (Å²) in [6.45, 7) is 7.46. The molecule has 3 rings (SSSR count). The van der Waals surface area contributed by atoms with Gasteiger partial charge in [0.15, 0.2) is 11.5 Å². The zero-order valence-corrected chi connectivity index (χ0v) is 21.0. The van der Waals surface area contributed by atoms with Gasteiger partial charge in [-0.2, -0.15) is 0 Å². The molecule has 0 bridgehead atoms. The van der Waals surface area contributed by atoms with Crippen LogP contribution in [0.5, 0.6) is 17.2 Å². The smallest absolute Gasteiger partial charge is 0.313 e. The van der Waals surface area contributed by atoms with Crippen LogP contribution in [0.1, 0.15) is 55.2 Å². The molecule has 0 aliphatic heterocycles. The standard InChI is InChI=1S/C27H30FNO6/c1-14(2)24(27(31)34-7)20-13-29-25(18-12-23(33-6)22(32-5)11-17(18)20)26(30)19-10-16(35-15(3)4)8-9-21(19)28/h8-15,24H,1-7H3. The Kier molecular flexibility index (Phi) is 7.94. The minimum atomic E-state index is -0.694. The molecular weight excluding hydrogens is 453 g/mol. The average molecular weight is 484 g/mol. The molecule has 0 aliphatic rings. The van der Waals surface area contributed by atoms with Gasteiger partial charge >= 0.3 is 5.97 Å². The number of methoxy groups -OCH3 is 3. The molecule has 0 amide bonds. The van der Waals surface area contributed by atoms with E-state index >= 15 is 0 Å². The van der Waals surface area contributed by atoms with Crippen molar-refractivity contribution in [2.45, 2.75) is 39.7 Å². The summed E-state index contributed by atoms with van der Waals surface area (Å²) in [5, 5.41) is 0.953. The molecule has 1 aromatic heterocycles. The lowest BCUT2D eigenvalue weighted by Crippen LogP contribution is -2.21. The second-order valence-electron chi connectivity index (χ2n) is 8.70. The highest BCUT2D eigenvalue weighted by Crippen LogP contribution is 2.39. The monoisotopic (exact) mass is 483 g/mol. The van der Waals surface area contributed by atoms with E-state index in [4.69, 9.17) is 18.9 Å². The number of hydrogen-bond donors (Lipinski definition) is 0. The number of carbonyl (C=O) groups is 2. The molecule has 35 heavy (non-hydrogen) atoms. The zero-order chi connectivity index (χ0) is 25.9. The number of carbonyl (C=O) groups excluding carboxylic acids is 2. The lowest BCUT2D eigenvalue weighted by Gasteiger charge is -2.22. The van der Waals surface area contributed by atoms with Crippen molar-refractivity contribution in [2.75, 3.05) is 21.3 Å². The van der Waals surface area contributed by atoms with Crippen molar-refractivity contribution in [3.05, 3.63) is 59.2 Å². The van der Waals surface area contributed by atoms with Gasteiger partial charge in [0.2, 0.25) is 5.78 Å². The van der Waals surface area contributed by atoms with Gasteiger partial charge < -0.3 is 18.9 Å². The summed E-state index contributed by atoms with van der Waals surface area (Å²) in [5.74, 6) is -1.36. The molecule has 0 saturated carbocycles. The van der Waals surface area contributed by atoms with Crippen molar-refractivity contribution in [1.82, 2.24) is 4.98 Å². The molecule has 3 aromatic rings. The predicted molar refractivity (Wildman–Crippen MR) is 130 cm³/mol. The van der Waals surface area contributed by atoms with Gasteiger partial charge in [-0.15, -0.1) is 0 Å². The van der Waals surface area contributed by atoms with Crippen LogP contribution in [0.3, 0.4) is 0 Å². The number of benzene rings is 2. The molecule has 1 unspecified atom stereocenters. The number of rotatable bonds is 9. The van der Waals surface area contributed by atoms with Crippen molar-refractivity contribution in [3.63, 3.8) is 0 Å². The number of pyridine rings is 1. The Morgan fingerprint density at radius 1 is 0.914 bits per heavy atom. The van der Waals surface area contributed by atoms with Crippen molar-refractivity contribution in [2.24, 2.45) is 5.92 Å². The lowest BCUT2D eigenvalue weighted by atomic mass is 9.85. The molecule has 7 nitrogen and oxygen atoms in total. The van der Waals surface area contributed by atoms with Crippen LogP contribution in [0.15, 0.2) is 36.5 Å². The molecule has 186 valence electrons. The first kappa shape index (κ1) is 25.9. The number of ether oxygens (including phenoxy) is 4. The normalized spacial score (nSPS) is 12.1. The molecule has 0 radical (unpaired) electrons. The van der Waals surface area contributed by atoms with E-state index in [0.717, 1.165) is 0 Å². The summed E-state index contributed by atoms with van der Waals surface area (Å²) in [4.78, 5) is 30.6. The zero-order valence-electron chi connectivity index (χ0n) is 21.0. The first-order valence-electron chi connectivity index (χ1n) is 11.3. The van der Waals surface area contributed by atoms with Gasteiger partial charge in [-0.1, -0.05) is 13.8 Å². The molecule has 0 saturated heterocycles. The summed E-state index contributed by atoms with van der Waals surface area (Å²) < 4.78 is 36.3. The summed E-state index contributed by atoms with van der Waals surface area (Å²) in [6.07, 6.45) is 1.32. The largest absolute Gasteiger partial charge is 0.493 e. The highest BCUT2D eigenvalue weighted by atomic mass is 19.1. The van der Waals surface area contributed by atoms with Crippen molar-refractivity contribution in [1.29, 1.82) is 0 Å². The Morgan fingerprint density at radius 2 is 1.54 bits per heavy atom. The Hall–Kier alpha value is -3.68. The van der Waals surface area contributed by atoms with E-state index in [-0.39, 0.29) is 23.3 Å². The summed E-state index contributed by atoms with van der Waals surface area (Å²) in [7, 11) is 4.29. The Labute approximate surface area is 204 Å². The highest BCUT2D eigenvalue weighted by Gasteiger charge is 2.30. The van der Waals surface area contributed by atoms with Crippen LogP contribution in [0.2, 0.25) is 0 Å². The summed E-state index contributed by atoms with van der Waals surface area (Å²) in [6, 6.07) is 7.33. The number of halogens is 1. The maximum atomic E-state index is 14.8. The van der Waals surface area contributed by atoms with Gasteiger partial charge in [-0.05, 0) is 61.0 Å². The molecule has 0 N–H and O–H groups in total. The van der Waals surface area contributed by atoms with Gasteiger partial charge in [0.05, 0.1) is 38.9 Å². The molecular formula is C27H30FNO6. The van der Waals surface area contributed by atoms with E-state index in [9.17, 15) is 14.0 Å². The lowest BCUT2D eigenvalue weighted by molar-refractivity contribution is -0.143. The van der Waals surface area contributed by atoms with Crippen molar-refractivity contribution < 1.29 is 32.9 Å². The van der Waals surface area contributed by atoms with E-state index < -0.39 is 23.5 Å². The molecule has 0 spiro atoms. The fourth-order valence-electron chi connectivity index (χ4n) is 4.05. The molecule has 0 fully saturated rings. The second-order valence-corrected chi connectivity index (χ2v) is 8.70. The van der Waals surface area contributed by atoms with E-state index in [1.807, 2.05) is 27.7 Å². The maximum absolute atomic E-state index is 14.8. The quantitative estimate of drug-likeness (QED) is 0.301. The fourth-order valence-corrected chi connectivity index (χ4v) is 4.05. The Bertz CT molecular complexity index is 1250. The molecule has 2 aromatic carbocycles. The molecule has 8 heteroatoms. The Morgan fingerprint density at radius 3 is 2.09 bits per heavy atom. The minimum absolute atomic E-state index is 0.0117. The second kappa shape index (κ2) is 10.7.